The van der Waals surface area contributed by atoms with E-state index in [1.807, 2.05) is 30.8 Å². The summed E-state index contributed by atoms with van der Waals surface area (Å²) in [7, 11) is 1.94. The number of fused-ring (bicyclic) bond motifs is 1. The van der Waals surface area contributed by atoms with Crippen molar-refractivity contribution in [2.45, 2.75) is 33.3 Å². The average Bonchev–Trinajstić information content (AvgIpc) is 2.91. The molecule has 0 saturated heterocycles. The molecule has 0 atom stereocenters. The molecule has 2 aromatic heterocycles. The molecule has 0 amide bonds. The summed E-state index contributed by atoms with van der Waals surface area (Å²) in [6.45, 7) is 5.30. The lowest BCUT2D eigenvalue weighted by molar-refractivity contribution is 0.300. The summed E-state index contributed by atoms with van der Waals surface area (Å²) >= 11 is 0. The van der Waals surface area contributed by atoms with Crippen molar-refractivity contribution in [3.63, 3.8) is 0 Å². The number of unbranched alkanes of at least 4 members (excludes halogenated alkanes) is 1. The lowest BCUT2D eigenvalue weighted by Crippen LogP contribution is -2.08. The first-order valence-corrected chi connectivity index (χ1v) is 8.30. The topological polar surface area (TPSA) is 64.9 Å². The lowest BCUT2D eigenvalue weighted by Gasteiger charge is -2.11. The SMILES string of the molecule is CCCCNc1nc(C)ncc1OCc1nn(C)c2ccccc12. The van der Waals surface area contributed by atoms with Crippen LogP contribution in [0.25, 0.3) is 10.9 Å². The van der Waals surface area contributed by atoms with Crippen molar-refractivity contribution >= 4 is 16.7 Å². The fourth-order valence-electron chi connectivity index (χ4n) is 2.62. The maximum atomic E-state index is 5.97. The molecule has 6 heteroatoms. The summed E-state index contributed by atoms with van der Waals surface area (Å²) < 4.78 is 7.84. The molecular formula is C18H23N5O. The van der Waals surface area contributed by atoms with Crippen LogP contribution in [0.4, 0.5) is 5.82 Å². The van der Waals surface area contributed by atoms with E-state index in [-0.39, 0.29) is 0 Å². The van der Waals surface area contributed by atoms with Crippen LogP contribution in [0.3, 0.4) is 0 Å². The summed E-state index contributed by atoms with van der Waals surface area (Å²) in [5.74, 6) is 2.13. The first kappa shape index (κ1) is 16.2. The second-order valence-corrected chi connectivity index (χ2v) is 5.79. The van der Waals surface area contributed by atoms with Gasteiger partial charge in [0.1, 0.15) is 18.1 Å². The van der Waals surface area contributed by atoms with Gasteiger partial charge < -0.3 is 10.1 Å². The maximum Gasteiger partial charge on any atom is 0.180 e. The number of para-hydroxylation sites is 1. The Kier molecular flexibility index (Phi) is 4.93. The highest BCUT2D eigenvalue weighted by atomic mass is 16.5. The molecular weight excluding hydrogens is 302 g/mol. The lowest BCUT2D eigenvalue weighted by atomic mass is 10.2. The van der Waals surface area contributed by atoms with Crippen molar-refractivity contribution in [2.24, 2.45) is 7.05 Å². The Balaban J connectivity index is 1.78. The van der Waals surface area contributed by atoms with E-state index in [2.05, 4.69) is 39.4 Å². The fourth-order valence-corrected chi connectivity index (χ4v) is 2.62. The van der Waals surface area contributed by atoms with Gasteiger partial charge in [0.15, 0.2) is 11.6 Å². The van der Waals surface area contributed by atoms with E-state index in [9.17, 15) is 0 Å². The fraction of sp³-hybridized carbons (Fsp3) is 0.389. The van der Waals surface area contributed by atoms with Crippen molar-refractivity contribution in [3.8, 4) is 5.75 Å². The smallest absolute Gasteiger partial charge is 0.180 e. The summed E-state index contributed by atoms with van der Waals surface area (Å²) in [6.07, 6.45) is 3.95. The number of nitrogens with one attached hydrogen (secondary N) is 1. The third kappa shape index (κ3) is 3.48. The Bertz CT molecular complexity index is 827. The Morgan fingerprint density at radius 1 is 1.25 bits per heavy atom. The molecule has 0 aliphatic rings. The number of anilines is 1. The summed E-state index contributed by atoms with van der Waals surface area (Å²) in [5, 5.41) is 8.99. The largest absolute Gasteiger partial charge is 0.482 e. The van der Waals surface area contributed by atoms with Gasteiger partial charge in [0.05, 0.1) is 11.7 Å². The molecule has 0 radical (unpaired) electrons. The van der Waals surface area contributed by atoms with Gasteiger partial charge in [-0.2, -0.15) is 5.10 Å². The third-order valence-electron chi connectivity index (χ3n) is 3.90. The van der Waals surface area contributed by atoms with E-state index >= 15 is 0 Å². The average molecular weight is 325 g/mol. The van der Waals surface area contributed by atoms with Crippen LogP contribution in [0, 0.1) is 6.92 Å². The molecule has 0 aliphatic carbocycles. The van der Waals surface area contributed by atoms with Gasteiger partial charge in [-0.1, -0.05) is 31.5 Å². The van der Waals surface area contributed by atoms with Gasteiger partial charge in [0.2, 0.25) is 0 Å². The quantitative estimate of drug-likeness (QED) is 0.674. The summed E-state index contributed by atoms with van der Waals surface area (Å²) in [5.41, 5.74) is 2.01. The number of ether oxygens (including phenoxy) is 1. The van der Waals surface area contributed by atoms with Crippen molar-refractivity contribution < 1.29 is 4.74 Å². The first-order chi connectivity index (χ1) is 11.7. The van der Waals surface area contributed by atoms with Gasteiger partial charge in [-0.3, -0.25) is 4.68 Å². The van der Waals surface area contributed by atoms with Crippen LogP contribution in [0.2, 0.25) is 0 Å². The predicted molar refractivity (Wildman–Crippen MR) is 95.2 cm³/mol. The van der Waals surface area contributed by atoms with E-state index in [1.54, 1.807) is 6.20 Å². The first-order valence-electron chi connectivity index (χ1n) is 8.30. The Morgan fingerprint density at radius 2 is 2.08 bits per heavy atom. The second-order valence-electron chi connectivity index (χ2n) is 5.79. The molecule has 3 aromatic rings. The van der Waals surface area contributed by atoms with E-state index in [0.29, 0.717) is 12.4 Å². The molecule has 0 bridgehead atoms. The normalized spacial score (nSPS) is 11.0. The molecule has 126 valence electrons. The number of aromatic nitrogens is 4. The van der Waals surface area contributed by atoms with E-state index < -0.39 is 0 Å². The van der Waals surface area contributed by atoms with Crippen molar-refractivity contribution in [1.82, 2.24) is 19.7 Å². The molecule has 3 rings (SSSR count). The summed E-state index contributed by atoms with van der Waals surface area (Å²) in [6, 6.07) is 8.14. The Morgan fingerprint density at radius 3 is 2.92 bits per heavy atom. The highest BCUT2D eigenvalue weighted by Gasteiger charge is 2.11. The van der Waals surface area contributed by atoms with Crippen LogP contribution in [0.1, 0.15) is 31.3 Å². The second kappa shape index (κ2) is 7.29. The molecule has 0 aliphatic heterocycles. The maximum absolute atomic E-state index is 5.97. The number of benzene rings is 1. The van der Waals surface area contributed by atoms with Crippen LogP contribution in [0.15, 0.2) is 30.5 Å². The number of aryl methyl sites for hydroxylation is 2. The molecule has 0 unspecified atom stereocenters. The molecule has 0 fully saturated rings. The van der Waals surface area contributed by atoms with Crippen molar-refractivity contribution in [3.05, 3.63) is 42.0 Å². The minimum Gasteiger partial charge on any atom is -0.482 e. The zero-order chi connectivity index (χ0) is 16.9. The molecule has 2 heterocycles. The Hall–Kier alpha value is -2.63. The summed E-state index contributed by atoms with van der Waals surface area (Å²) in [4.78, 5) is 8.70. The molecule has 0 saturated carbocycles. The van der Waals surface area contributed by atoms with Crippen LogP contribution >= 0.6 is 0 Å². The highest BCUT2D eigenvalue weighted by Crippen LogP contribution is 2.24. The van der Waals surface area contributed by atoms with Crippen LogP contribution in [-0.2, 0) is 13.7 Å². The van der Waals surface area contributed by atoms with Gasteiger partial charge in [0.25, 0.3) is 0 Å². The van der Waals surface area contributed by atoms with Crippen LogP contribution < -0.4 is 10.1 Å². The zero-order valence-electron chi connectivity index (χ0n) is 14.4. The van der Waals surface area contributed by atoms with Crippen LogP contribution in [-0.4, -0.2) is 26.3 Å². The number of nitrogens with zero attached hydrogens (tertiary/aromatic N) is 4. The highest BCUT2D eigenvalue weighted by molar-refractivity contribution is 5.81. The van der Waals surface area contributed by atoms with Crippen molar-refractivity contribution in [2.75, 3.05) is 11.9 Å². The Labute approximate surface area is 141 Å². The standard InChI is InChI=1S/C18H23N5O/c1-4-5-10-19-18-17(11-20-13(2)21-18)24-12-15-14-8-6-7-9-16(14)23(3)22-15/h6-9,11H,4-5,10,12H2,1-3H3,(H,19,20,21). The zero-order valence-corrected chi connectivity index (χ0v) is 14.4. The number of hydrogen-bond donors (Lipinski definition) is 1. The van der Waals surface area contributed by atoms with Gasteiger partial charge in [0, 0.05) is 19.0 Å². The van der Waals surface area contributed by atoms with E-state index in [4.69, 9.17) is 4.74 Å². The molecule has 0 spiro atoms. The minimum atomic E-state index is 0.385. The monoisotopic (exact) mass is 325 g/mol. The van der Waals surface area contributed by atoms with Gasteiger partial charge in [-0.15, -0.1) is 0 Å². The van der Waals surface area contributed by atoms with Gasteiger partial charge >= 0.3 is 0 Å². The minimum absolute atomic E-state index is 0.385. The van der Waals surface area contributed by atoms with Crippen molar-refractivity contribution in [1.29, 1.82) is 0 Å². The third-order valence-corrected chi connectivity index (χ3v) is 3.90. The number of hydrogen-bond acceptors (Lipinski definition) is 5. The molecule has 1 N–H and O–H groups in total. The number of rotatable bonds is 7. The predicted octanol–water partition coefficient (Wildman–Crippen LogP) is 3.46. The molecule has 24 heavy (non-hydrogen) atoms. The van der Waals surface area contributed by atoms with Crippen LogP contribution in [0.5, 0.6) is 5.75 Å². The molecule has 6 nitrogen and oxygen atoms in total. The molecule has 1 aromatic carbocycles. The van der Waals surface area contributed by atoms with E-state index in [1.165, 1.54) is 0 Å². The van der Waals surface area contributed by atoms with Gasteiger partial charge in [-0.05, 0) is 19.4 Å². The van der Waals surface area contributed by atoms with Gasteiger partial charge in [-0.25, -0.2) is 9.97 Å². The van der Waals surface area contributed by atoms with E-state index in [0.717, 1.165) is 47.6 Å².